The van der Waals surface area contributed by atoms with Gasteiger partial charge in [0.15, 0.2) is 0 Å². The maximum absolute atomic E-state index is 12.0. The minimum Gasteiger partial charge on any atom is -0.432 e. The molecule has 0 amide bonds. The highest BCUT2D eigenvalue weighted by molar-refractivity contribution is 6.89. The molecule has 0 radical (unpaired) electrons. The Balaban J connectivity index is 1.43. The van der Waals surface area contributed by atoms with E-state index in [0.717, 1.165) is 19.3 Å². The fraction of sp³-hybridized carbons (Fsp3) is 0.448. The van der Waals surface area contributed by atoms with Gasteiger partial charge in [0.1, 0.15) is 0 Å². The fourth-order valence-corrected chi connectivity index (χ4v) is 5.89. The SMILES string of the molecule is C[Si](C)(C)c1ccc(C(=O)OOOC(=O)OCCCCCCCOC(=O)OOOC(=O)c2ccc([Si](C)(C)C)cc2)cc1. The molecule has 0 heterocycles. The predicted octanol–water partition coefficient (Wildman–Crippen LogP) is 5.74. The van der Waals surface area contributed by atoms with Gasteiger partial charge in [-0.3, -0.25) is 9.78 Å². The first-order valence-corrected chi connectivity index (χ1v) is 20.9. The lowest BCUT2D eigenvalue weighted by atomic mass is 10.1. The quantitative estimate of drug-likeness (QED) is 0.0729. The molecular weight excluding hydrogens is 596 g/mol. The van der Waals surface area contributed by atoms with Gasteiger partial charge < -0.3 is 9.47 Å². The van der Waals surface area contributed by atoms with Crippen molar-refractivity contribution in [3.05, 3.63) is 59.7 Å². The number of ether oxygens (including phenoxy) is 2. The molecule has 12 nitrogen and oxygen atoms in total. The van der Waals surface area contributed by atoms with Crippen LogP contribution < -0.4 is 10.4 Å². The third-order valence-corrected chi connectivity index (χ3v) is 10.3. The summed E-state index contributed by atoms with van der Waals surface area (Å²) in [5.74, 6) is -1.61. The average Bonchev–Trinajstić information content (AvgIpc) is 2.95. The highest BCUT2D eigenvalue weighted by atomic mass is 28.3. The Bertz CT molecular complexity index is 1090. The van der Waals surface area contributed by atoms with E-state index in [1.807, 2.05) is 24.3 Å². The maximum Gasteiger partial charge on any atom is 0.543 e. The number of carbonyl (C=O) groups is 4. The molecule has 0 spiro atoms. The largest absolute Gasteiger partial charge is 0.543 e. The molecule has 14 heteroatoms. The van der Waals surface area contributed by atoms with Crippen LogP contribution in [-0.4, -0.2) is 53.6 Å². The Morgan fingerprint density at radius 2 is 0.814 bits per heavy atom. The van der Waals surface area contributed by atoms with Crippen LogP contribution in [0.4, 0.5) is 9.59 Å². The zero-order chi connectivity index (χ0) is 31.9. The molecule has 0 aromatic heterocycles. The lowest BCUT2D eigenvalue weighted by Gasteiger charge is -2.16. The summed E-state index contributed by atoms with van der Waals surface area (Å²) in [5.41, 5.74) is 0.518. The van der Waals surface area contributed by atoms with E-state index in [1.165, 1.54) is 10.4 Å². The van der Waals surface area contributed by atoms with Crippen LogP contribution in [0.25, 0.3) is 0 Å². The Morgan fingerprint density at radius 3 is 1.14 bits per heavy atom. The molecule has 0 aliphatic carbocycles. The van der Waals surface area contributed by atoms with E-state index in [2.05, 4.69) is 68.9 Å². The number of unbranched alkanes of at least 4 members (excludes halogenated alkanes) is 4. The van der Waals surface area contributed by atoms with Gasteiger partial charge in [0, 0.05) is 0 Å². The summed E-state index contributed by atoms with van der Waals surface area (Å²) in [4.78, 5) is 64.5. The summed E-state index contributed by atoms with van der Waals surface area (Å²) < 4.78 is 9.67. The van der Waals surface area contributed by atoms with Crippen molar-refractivity contribution in [2.75, 3.05) is 13.2 Å². The second-order valence-corrected chi connectivity index (χ2v) is 21.8. The van der Waals surface area contributed by atoms with Crippen molar-refractivity contribution >= 4 is 50.8 Å². The van der Waals surface area contributed by atoms with Gasteiger partial charge >= 0.3 is 24.2 Å². The van der Waals surface area contributed by atoms with Crippen LogP contribution in [0.5, 0.6) is 0 Å². The third-order valence-electron chi connectivity index (χ3n) is 6.13. The molecule has 0 fully saturated rings. The first kappa shape index (κ1) is 35.5. The van der Waals surface area contributed by atoms with Crippen molar-refractivity contribution < 1.29 is 58.3 Å². The van der Waals surface area contributed by atoms with Gasteiger partial charge in [-0.05, 0) is 37.1 Å². The van der Waals surface area contributed by atoms with Crippen LogP contribution in [-0.2, 0) is 39.1 Å². The van der Waals surface area contributed by atoms with Gasteiger partial charge in [0.05, 0.1) is 50.6 Å². The van der Waals surface area contributed by atoms with Crippen LogP contribution in [0, 0.1) is 0 Å². The van der Waals surface area contributed by atoms with Crippen LogP contribution in [0.3, 0.4) is 0 Å². The number of carbonyl (C=O) groups excluding carboxylic acids is 4. The summed E-state index contributed by atoms with van der Waals surface area (Å²) in [6.07, 6.45) is 1.09. The molecule has 236 valence electrons. The van der Waals surface area contributed by atoms with Crippen LogP contribution in [0.2, 0.25) is 39.3 Å². The summed E-state index contributed by atoms with van der Waals surface area (Å²) in [7, 11) is -2.98. The Kier molecular flexibility index (Phi) is 14.4. The number of benzene rings is 2. The normalized spacial score (nSPS) is 11.3. The van der Waals surface area contributed by atoms with Gasteiger partial charge in [0.2, 0.25) is 0 Å². The highest BCUT2D eigenvalue weighted by Crippen LogP contribution is 2.09. The van der Waals surface area contributed by atoms with Crippen molar-refractivity contribution in [3.63, 3.8) is 0 Å². The standard InChI is InChI=1S/C29H40O12Si2/c1-42(2,3)24-16-12-22(13-17-24)26(30)36-40-38-28(32)34-20-10-8-7-9-11-21-35-29(33)39-41-37-27(31)23-14-18-25(19-15-23)43(4,5)6/h12-19H,7-11,20-21H2,1-6H3. The smallest absolute Gasteiger partial charge is 0.432 e. The topological polar surface area (TPSA) is 142 Å². The van der Waals surface area contributed by atoms with Crippen molar-refractivity contribution in [2.45, 2.75) is 71.4 Å². The van der Waals surface area contributed by atoms with Gasteiger partial charge in [-0.1, -0.05) is 93.2 Å². The van der Waals surface area contributed by atoms with Crippen molar-refractivity contribution in [3.8, 4) is 0 Å². The van der Waals surface area contributed by atoms with Crippen molar-refractivity contribution in [1.29, 1.82) is 0 Å². The third kappa shape index (κ3) is 13.9. The summed E-state index contributed by atoms with van der Waals surface area (Å²) in [6.45, 7) is 13.3. The first-order chi connectivity index (χ1) is 20.3. The van der Waals surface area contributed by atoms with E-state index in [4.69, 9.17) is 9.47 Å². The molecule has 2 aromatic carbocycles. The van der Waals surface area contributed by atoms with E-state index in [9.17, 15) is 19.2 Å². The molecule has 0 saturated carbocycles. The van der Waals surface area contributed by atoms with Gasteiger partial charge in [-0.15, -0.1) is 0 Å². The monoisotopic (exact) mass is 636 g/mol. The van der Waals surface area contributed by atoms with Crippen LogP contribution in [0.15, 0.2) is 48.5 Å². The number of rotatable bonds is 16. The first-order valence-electron chi connectivity index (χ1n) is 13.9. The Labute approximate surface area is 253 Å². The fourth-order valence-electron chi connectivity index (χ4n) is 3.55. The van der Waals surface area contributed by atoms with Gasteiger partial charge in [-0.2, -0.15) is 0 Å². The predicted molar refractivity (Wildman–Crippen MR) is 160 cm³/mol. The molecule has 2 aromatic rings. The molecule has 0 N–H and O–H groups in total. The van der Waals surface area contributed by atoms with Crippen molar-refractivity contribution in [1.82, 2.24) is 0 Å². The van der Waals surface area contributed by atoms with E-state index in [1.54, 1.807) is 24.3 Å². The molecule has 0 aliphatic rings. The van der Waals surface area contributed by atoms with Crippen LogP contribution in [0.1, 0.15) is 52.8 Å². The molecule has 0 bridgehead atoms. The average molecular weight is 637 g/mol. The summed E-state index contributed by atoms with van der Waals surface area (Å²) >= 11 is 0. The zero-order valence-corrected chi connectivity index (χ0v) is 27.5. The lowest BCUT2D eigenvalue weighted by molar-refractivity contribution is -0.452. The van der Waals surface area contributed by atoms with E-state index >= 15 is 0 Å². The zero-order valence-electron chi connectivity index (χ0n) is 25.5. The van der Waals surface area contributed by atoms with E-state index < -0.39 is 40.4 Å². The highest BCUT2D eigenvalue weighted by Gasteiger charge is 2.19. The van der Waals surface area contributed by atoms with Crippen LogP contribution >= 0.6 is 0 Å². The minimum atomic E-state index is -1.49. The van der Waals surface area contributed by atoms with Gasteiger partial charge in [0.25, 0.3) is 0 Å². The summed E-state index contributed by atoms with van der Waals surface area (Å²) in [5, 5.41) is 10.8. The minimum absolute atomic E-state index is 0.0790. The number of hydrogen-bond acceptors (Lipinski definition) is 12. The molecule has 0 atom stereocenters. The number of hydrogen-bond donors (Lipinski definition) is 0. The Hall–Kier alpha value is -3.73. The molecule has 0 unspecified atom stereocenters. The second-order valence-electron chi connectivity index (χ2n) is 11.7. The van der Waals surface area contributed by atoms with Gasteiger partial charge in [-0.25, -0.2) is 29.0 Å². The molecule has 0 aliphatic heterocycles. The van der Waals surface area contributed by atoms with E-state index in [-0.39, 0.29) is 24.3 Å². The molecule has 43 heavy (non-hydrogen) atoms. The van der Waals surface area contributed by atoms with E-state index in [0.29, 0.717) is 12.8 Å². The van der Waals surface area contributed by atoms with Crippen molar-refractivity contribution in [2.24, 2.45) is 0 Å². The Morgan fingerprint density at radius 1 is 0.488 bits per heavy atom. The molecule has 0 saturated heterocycles. The molecular formula is C29H40O12Si2. The second kappa shape index (κ2) is 17.4. The lowest BCUT2D eigenvalue weighted by Crippen LogP contribution is -2.37. The summed E-state index contributed by atoms with van der Waals surface area (Å²) in [6, 6.07) is 14.0. The molecule has 2 rings (SSSR count). The maximum atomic E-state index is 12.0.